The lowest BCUT2D eigenvalue weighted by Crippen LogP contribution is -2.59. The summed E-state index contributed by atoms with van der Waals surface area (Å²) in [7, 11) is 0. The molecule has 0 bridgehead atoms. The van der Waals surface area contributed by atoms with Crippen molar-refractivity contribution in [2.45, 2.75) is 22.7 Å². The number of hydrogen-bond donors (Lipinski definition) is 1. The molecule has 1 unspecified atom stereocenters. The summed E-state index contributed by atoms with van der Waals surface area (Å²) >= 11 is 1.69. The molecule has 1 aromatic heterocycles. The molecule has 2 aliphatic heterocycles. The van der Waals surface area contributed by atoms with E-state index in [4.69, 9.17) is 0 Å². The van der Waals surface area contributed by atoms with Crippen LogP contribution in [-0.4, -0.2) is 46.6 Å². The van der Waals surface area contributed by atoms with Gasteiger partial charge in [0.05, 0.1) is 12.1 Å². The summed E-state index contributed by atoms with van der Waals surface area (Å²) in [6.45, 7) is -2.28. The number of carbonyl (C=O) groups excluding carboxylic acids is 1. The number of halogens is 2. The van der Waals surface area contributed by atoms with Crippen molar-refractivity contribution in [2.75, 3.05) is 25.0 Å². The van der Waals surface area contributed by atoms with E-state index in [2.05, 4.69) is 0 Å². The van der Waals surface area contributed by atoms with E-state index in [1.165, 1.54) is 16.9 Å². The van der Waals surface area contributed by atoms with Crippen LogP contribution >= 0.6 is 11.8 Å². The molecule has 1 amide bonds. The number of aromatic nitrogens is 1. The Kier molecular flexibility index (Phi) is 5.57. The average Bonchev–Trinajstić information content (AvgIpc) is 3.00. The Morgan fingerprint density at radius 1 is 1.00 bits per heavy atom. The van der Waals surface area contributed by atoms with Crippen molar-refractivity contribution in [2.24, 2.45) is 0 Å². The number of hydrogen-bond acceptors (Lipinski definition) is 5. The van der Waals surface area contributed by atoms with Crippen molar-refractivity contribution < 1.29 is 18.7 Å². The van der Waals surface area contributed by atoms with Gasteiger partial charge in [0.2, 0.25) is 5.43 Å². The molecule has 3 aromatic rings. The molecule has 1 atom stereocenters. The van der Waals surface area contributed by atoms with E-state index in [0.29, 0.717) is 0 Å². The first-order chi connectivity index (χ1) is 16.0. The molecule has 0 aliphatic carbocycles. The summed E-state index contributed by atoms with van der Waals surface area (Å²) in [6.07, 6.45) is 1.43. The Bertz CT molecular complexity index is 1230. The number of amides is 1. The number of thioether (sulfide) groups is 1. The Balaban J connectivity index is 1.77. The van der Waals surface area contributed by atoms with Crippen LogP contribution in [0.5, 0.6) is 5.75 Å². The van der Waals surface area contributed by atoms with Crippen molar-refractivity contribution in [1.82, 2.24) is 9.58 Å². The maximum Gasteiger partial charge on any atom is 0.278 e. The highest BCUT2D eigenvalue weighted by atomic mass is 32.2. The fraction of sp³-hybridized carbons (Fsp3) is 0.250. The normalized spacial score (nSPS) is 17.4. The molecule has 9 heteroatoms. The van der Waals surface area contributed by atoms with Crippen LogP contribution < -0.4 is 10.4 Å². The summed E-state index contributed by atoms with van der Waals surface area (Å²) in [5.41, 5.74) is 2.00. The molecule has 3 heterocycles. The third-order valence-corrected chi connectivity index (χ3v) is 7.27. The van der Waals surface area contributed by atoms with Gasteiger partial charge in [-0.15, -0.1) is 11.8 Å². The minimum absolute atomic E-state index is 0.120. The van der Waals surface area contributed by atoms with E-state index in [1.54, 1.807) is 16.8 Å². The van der Waals surface area contributed by atoms with Gasteiger partial charge in [-0.25, -0.2) is 8.78 Å². The lowest BCUT2D eigenvalue weighted by Gasteiger charge is -2.45. The molecule has 2 aromatic carbocycles. The van der Waals surface area contributed by atoms with Crippen molar-refractivity contribution in [3.8, 4) is 5.75 Å². The zero-order chi connectivity index (χ0) is 23.1. The summed E-state index contributed by atoms with van der Waals surface area (Å²) < 4.78 is 28.8. The van der Waals surface area contributed by atoms with E-state index in [9.17, 15) is 23.5 Å². The number of fused-ring (bicyclic) bond motifs is 3. The van der Waals surface area contributed by atoms with Crippen molar-refractivity contribution >= 4 is 17.7 Å². The van der Waals surface area contributed by atoms with Crippen molar-refractivity contribution in [3.63, 3.8) is 0 Å². The quantitative estimate of drug-likeness (QED) is 0.633. The standard InChI is InChI=1S/C24H21F2N3O3S/c25-11-16(12-26)27-14-29(28-10-9-19(30)23(31)22(28)24(27)32)21-17-6-2-1-5-15(17)13-33-20-8-4-3-7-18(20)21/h1-10,16,21,31H,11-14H2. The number of benzene rings is 2. The number of nitrogens with zero attached hydrogens (tertiary/aromatic N) is 3. The third kappa shape index (κ3) is 3.47. The Hall–Kier alpha value is -3.33. The summed E-state index contributed by atoms with van der Waals surface area (Å²) in [5.74, 6) is -0.787. The predicted octanol–water partition coefficient (Wildman–Crippen LogP) is 3.61. The van der Waals surface area contributed by atoms with Gasteiger partial charge in [-0.1, -0.05) is 42.5 Å². The fourth-order valence-electron chi connectivity index (χ4n) is 4.46. The maximum atomic E-state index is 13.7. The molecule has 0 spiro atoms. The minimum Gasteiger partial charge on any atom is -0.502 e. The van der Waals surface area contributed by atoms with E-state index >= 15 is 0 Å². The van der Waals surface area contributed by atoms with Crippen LogP contribution in [0.25, 0.3) is 0 Å². The van der Waals surface area contributed by atoms with Gasteiger partial charge in [0.15, 0.2) is 11.4 Å². The second-order valence-electron chi connectivity index (χ2n) is 7.97. The SMILES string of the molecule is O=C1c2c(O)c(=O)ccn2N(C2c3ccccc3CSc3ccccc32)CN1C(CF)CF. The number of alkyl halides is 2. The lowest BCUT2D eigenvalue weighted by atomic mass is 9.94. The number of carbonyl (C=O) groups is 1. The van der Waals surface area contributed by atoms with Gasteiger partial charge in [-0.3, -0.25) is 19.3 Å². The van der Waals surface area contributed by atoms with Gasteiger partial charge >= 0.3 is 0 Å². The van der Waals surface area contributed by atoms with Crippen LogP contribution in [0.4, 0.5) is 8.78 Å². The third-order valence-electron chi connectivity index (χ3n) is 6.13. The fourth-order valence-corrected chi connectivity index (χ4v) is 5.56. The number of aromatic hydroxyl groups is 1. The second kappa shape index (κ2) is 8.55. The van der Waals surface area contributed by atoms with Gasteiger partial charge < -0.3 is 10.0 Å². The highest BCUT2D eigenvalue weighted by molar-refractivity contribution is 7.98. The highest BCUT2D eigenvalue weighted by Crippen LogP contribution is 2.42. The molecule has 170 valence electrons. The smallest absolute Gasteiger partial charge is 0.278 e. The van der Waals surface area contributed by atoms with Gasteiger partial charge in [0.25, 0.3) is 5.91 Å². The molecule has 33 heavy (non-hydrogen) atoms. The van der Waals surface area contributed by atoms with Gasteiger partial charge in [-0.05, 0) is 22.8 Å². The maximum absolute atomic E-state index is 13.7. The molecule has 0 saturated heterocycles. The first-order valence-electron chi connectivity index (χ1n) is 10.5. The van der Waals surface area contributed by atoms with Crippen LogP contribution in [0.2, 0.25) is 0 Å². The van der Waals surface area contributed by atoms with Crippen LogP contribution in [0, 0.1) is 0 Å². The molecule has 5 rings (SSSR count). The van der Waals surface area contributed by atoms with Crippen molar-refractivity contribution in [3.05, 3.63) is 93.4 Å². The lowest BCUT2D eigenvalue weighted by molar-refractivity contribution is 0.0517. The largest absolute Gasteiger partial charge is 0.502 e. The topological polar surface area (TPSA) is 65.8 Å². The predicted molar refractivity (Wildman–Crippen MR) is 122 cm³/mol. The molecular weight excluding hydrogens is 448 g/mol. The molecule has 1 N–H and O–H groups in total. The molecular formula is C24H21F2N3O3S. The van der Waals surface area contributed by atoms with Crippen molar-refractivity contribution in [1.29, 1.82) is 0 Å². The van der Waals surface area contributed by atoms with Crippen LogP contribution in [-0.2, 0) is 5.75 Å². The minimum atomic E-state index is -1.32. The zero-order valence-electron chi connectivity index (χ0n) is 17.5. The van der Waals surface area contributed by atoms with Gasteiger partial charge in [0, 0.05) is 22.9 Å². The first-order valence-corrected chi connectivity index (χ1v) is 11.5. The molecule has 6 nitrogen and oxygen atoms in total. The van der Waals surface area contributed by atoms with E-state index in [0.717, 1.165) is 32.2 Å². The zero-order valence-corrected chi connectivity index (χ0v) is 18.3. The summed E-state index contributed by atoms with van der Waals surface area (Å²) in [4.78, 5) is 27.5. The molecule has 0 saturated carbocycles. The molecule has 2 aliphatic rings. The number of pyridine rings is 1. The second-order valence-corrected chi connectivity index (χ2v) is 8.99. The molecule has 0 radical (unpaired) electrons. The Morgan fingerprint density at radius 2 is 1.70 bits per heavy atom. The Labute approximate surface area is 193 Å². The van der Waals surface area contributed by atoms with Gasteiger partial charge in [0.1, 0.15) is 20.0 Å². The van der Waals surface area contributed by atoms with Gasteiger partial charge in [-0.2, -0.15) is 0 Å². The van der Waals surface area contributed by atoms with Crippen LogP contribution in [0.3, 0.4) is 0 Å². The summed E-state index contributed by atoms with van der Waals surface area (Å²) in [5, 5.41) is 12.3. The van der Waals surface area contributed by atoms with E-state index < -0.39 is 42.5 Å². The van der Waals surface area contributed by atoms with Crippen LogP contribution in [0.1, 0.15) is 33.2 Å². The summed E-state index contributed by atoms with van der Waals surface area (Å²) in [6, 6.07) is 15.2. The van der Waals surface area contributed by atoms with Crippen LogP contribution in [0.15, 0.2) is 70.5 Å². The molecule has 0 fully saturated rings. The van der Waals surface area contributed by atoms with E-state index in [-0.39, 0.29) is 12.4 Å². The average molecular weight is 470 g/mol. The monoisotopic (exact) mass is 469 g/mol. The first kappa shape index (κ1) is 21.5. The Morgan fingerprint density at radius 3 is 2.45 bits per heavy atom. The number of rotatable bonds is 4. The van der Waals surface area contributed by atoms with E-state index in [1.807, 2.05) is 48.5 Å². The highest BCUT2D eigenvalue weighted by Gasteiger charge is 2.40.